The monoisotopic (exact) mass is 458 g/mol. The number of nitrogens with one attached hydrogen (secondary N) is 2. The maximum Gasteiger partial charge on any atom is 0.251 e. The van der Waals surface area contributed by atoms with Crippen molar-refractivity contribution in [2.45, 2.75) is 123 Å². The van der Waals surface area contributed by atoms with Crippen molar-refractivity contribution >= 4 is 11.8 Å². The average Bonchev–Trinajstić information content (AvgIpc) is 2.84. The molecule has 0 bridgehead atoms. The highest BCUT2D eigenvalue weighted by Crippen LogP contribution is 2.13. The molecular weight excluding hydrogens is 408 g/mol. The molecule has 2 amide bonds. The molecule has 0 heterocycles. The van der Waals surface area contributed by atoms with E-state index in [0.29, 0.717) is 12.1 Å². The van der Waals surface area contributed by atoms with Crippen molar-refractivity contribution in [2.24, 2.45) is 5.92 Å². The zero-order valence-corrected chi connectivity index (χ0v) is 21.7. The molecule has 4 heteroatoms. The Morgan fingerprint density at radius 2 is 1.21 bits per heavy atom. The number of rotatable bonds is 20. The molecule has 2 N–H and O–H groups in total. The normalized spacial score (nSPS) is 12.8. The number of unbranched alkanes of at least 4 members (excludes halogenated alkanes) is 13. The van der Waals surface area contributed by atoms with E-state index >= 15 is 0 Å². The Kier molecular flexibility index (Phi) is 17.4. The zero-order chi connectivity index (χ0) is 24.2. The van der Waals surface area contributed by atoms with Crippen molar-refractivity contribution in [2.75, 3.05) is 6.54 Å². The summed E-state index contributed by atoms with van der Waals surface area (Å²) in [5.74, 6) is -0.162. The van der Waals surface area contributed by atoms with Gasteiger partial charge in [0.05, 0.1) is 0 Å². The Morgan fingerprint density at radius 1 is 0.727 bits per heavy atom. The third-order valence-electron chi connectivity index (χ3n) is 6.65. The topological polar surface area (TPSA) is 58.2 Å². The first-order valence-corrected chi connectivity index (χ1v) is 13.7. The minimum absolute atomic E-state index is 0.0664. The number of hydrogen-bond donors (Lipinski definition) is 2. The Hall–Kier alpha value is -1.84. The first-order chi connectivity index (χ1) is 16.1. The lowest BCUT2D eigenvalue weighted by atomic mass is 9.97. The summed E-state index contributed by atoms with van der Waals surface area (Å²) in [5, 5.41) is 5.98. The van der Waals surface area contributed by atoms with Gasteiger partial charge in [0.25, 0.3) is 5.91 Å². The fourth-order valence-corrected chi connectivity index (χ4v) is 4.16. The Labute approximate surface area is 203 Å². The molecule has 2 unspecified atom stereocenters. The van der Waals surface area contributed by atoms with Gasteiger partial charge in [-0.15, -0.1) is 0 Å². The van der Waals surface area contributed by atoms with Crippen LogP contribution in [0.1, 0.15) is 127 Å². The second-order valence-electron chi connectivity index (χ2n) is 9.59. The smallest absolute Gasteiger partial charge is 0.251 e. The van der Waals surface area contributed by atoms with Gasteiger partial charge in [-0.2, -0.15) is 0 Å². The van der Waals surface area contributed by atoms with Crippen LogP contribution in [0.2, 0.25) is 0 Å². The molecule has 33 heavy (non-hydrogen) atoms. The molecule has 0 saturated heterocycles. The second kappa shape index (κ2) is 19.6. The van der Waals surface area contributed by atoms with E-state index in [4.69, 9.17) is 0 Å². The van der Waals surface area contributed by atoms with E-state index in [-0.39, 0.29) is 17.7 Å². The predicted octanol–water partition coefficient (Wildman–Crippen LogP) is 7.43. The predicted molar refractivity (Wildman–Crippen MR) is 140 cm³/mol. The van der Waals surface area contributed by atoms with Gasteiger partial charge in [-0.05, 0) is 24.5 Å². The van der Waals surface area contributed by atoms with Gasteiger partial charge in [0.2, 0.25) is 5.91 Å². The number of benzene rings is 1. The van der Waals surface area contributed by atoms with Crippen molar-refractivity contribution in [3.8, 4) is 0 Å². The van der Waals surface area contributed by atoms with Crippen LogP contribution >= 0.6 is 0 Å². The summed E-state index contributed by atoms with van der Waals surface area (Å²) in [5.41, 5.74) is 0.588. The highest BCUT2D eigenvalue weighted by atomic mass is 16.2. The minimum atomic E-state index is -0.491. The molecule has 188 valence electrons. The molecule has 1 rings (SSSR count). The van der Waals surface area contributed by atoms with Crippen LogP contribution in [0.25, 0.3) is 0 Å². The van der Waals surface area contributed by atoms with Crippen molar-refractivity contribution in [3.05, 3.63) is 35.9 Å². The van der Waals surface area contributed by atoms with Gasteiger partial charge in [0.1, 0.15) is 6.04 Å². The van der Waals surface area contributed by atoms with Crippen molar-refractivity contribution < 1.29 is 9.59 Å². The molecular formula is C29H50N2O2. The minimum Gasteiger partial charge on any atom is -0.354 e. The lowest BCUT2D eigenvalue weighted by molar-refractivity contribution is -0.124. The van der Waals surface area contributed by atoms with E-state index in [0.717, 1.165) is 19.3 Å². The number of amides is 2. The quantitative estimate of drug-likeness (QED) is 0.200. The van der Waals surface area contributed by atoms with Gasteiger partial charge in [-0.1, -0.05) is 129 Å². The lowest BCUT2D eigenvalue weighted by Crippen LogP contribution is -2.50. The Balaban J connectivity index is 2.10. The molecule has 0 radical (unpaired) electrons. The highest BCUT2D eigenvalue weighted by Gasteiger charge is 2.25. The number of carbonyl (C=O) groups is 2. The summed E-state index contributed by atoms with van der Waals surface area (Å²) < 4.78 is 0. The van der Waals surface area contributed by atoms with Crippen LogP contribution in [0, 0.1) is 5.92 Å². The molecule has 0 fully saturated rings. The Bertz CT molecular complexity index is 617. The molecule has 2 atom stereocenters. The van der Waals surface area contributed by atoms with Crippen LogP contribution in [0.4, 0.5) is 0 Å². The number of carbonyl (C=O) groups excluding carboxylic acids is 2. The van der Waals surface area contributed by atoms with Gasteiger partial charge in [0, 0.05) is 12.1 Å². The summed E-state index contributed by atoms with van der Waals surface area (Å²) in [6.45, 7) is 7.02. The van der Waals surface area contributed by atoms with Gasteiger partial charge in [-0.25, -0.2) is 0 Å². The molecule has 1 aromatic carbocycles. The molecule has 1 aromatic rings. The van der Waals surface area contributed by atoms with E-state index in [1.165, 1.54) is 77.0 Å². The third kappa shape index (κ3) is 14.1. The summed E-state index contributed by atoms with van der Waals surface area (Å²) >= 11 is 0. The molecule has 0 aliphatic rings. The summed E-state index contributed by atoms with van der Waals surface area (Å²) in [6, 6.07) is 8.61. The second-order valence-corrected chi connectivity index (χ2v) is 9.59. The van der Waals surface area contributed by atoms with Crippen molar-refractivity contribution in [3.63, 3.8) is 0 Å². The van der Waals surface area contributed by atoms with Crippen LogP contribution in [0.15, 0.2) is 30.3 Å². The molecule has 0 aliphatic carbocycles. The van der Waals surface area contributed by atoms with E-state index < -0.39 is 6.04 Å². The van der Waals surface area contributed by atoms with E-state index in [9.17, 15) is 9.59 Å². The zero-order valence-electron chi connectivity index (χ0n) is 21.7. The van der Waals surface area contributed by atoms with Crippen LogP contribution in [-0.4, -0.2) is 24.4 Å². The fourth-order valence-electron chi connectivity index (χ4n) is 4.16. The molecule has 0 saturated carbocycles. The van der Waals surface area contributed by atoms with Crippen LogP contribution in [0.3, 0.4) is 0 Å². The van der Waals surface area contributed by atoms with Gasteiger partial charge < -0.3 is 10.6 Å². The largest absolute Gasteiger partial charge is 0.354 e. The summed E-state index contributed by atoms with van der Waals surface area (Å²) in [7, 11) is 0. The standard InChI is InChI=1S/C29H50N2O2/c1-4-6-7-8-9-10-11-12-13-14-15-16-17-21-24-30-29(33)27(25(3)5-2)31-28(32)26-22-19-18-20-23-26/h18-20,22-23,25,27H,4-17,21,24H2,1-3H3,(H,30,33)(H,31,32). The third-order valence-corrected chi connectivity index (χ3v) is 6.65. The Morgan fingerprint density at radius 3 is 1.70 bits per heavy atom. The molecule has 0 aromatic heterocycles. The van der Waals surface area contributed by atoms with Crippen LogP contribution in [0.5, 0.6) is 0 Å². The average molecular weight is 459 g/mol. The SMILES string of the molecule is CCCCCCCCCCCCCCCCNC(=O)C(NC(=O)c1ccccc1)C(C)CC. The molecule has 0 spiro atoms. The summed E-state index contributed by atoms with van der Waals surface area (Å²) in [6.07, 6.45) is 19.4. The van der Waals surface area contributed by atoms with Crippen LogP contribution in [-0.2, 0) is 4.79 Å². The fraction of sp³-hybridized carbons (Fsp3) is 0.724. The van der Waals surface area contributed by atoms with Crippen molar-refractivity contribution in [1.29, 1.82) is 0 Å². The van der Waals surface area contributed by atoms with Gasteiger partial charge >= 0.3 is 0 Å². The van der Waals surface area contributed by atoms with E-state index in [1.807, 2.05) is 32.0 Å². The first kappa shape index (κ1) is 29.2. The number of hydrogen-bond acceptors (Lipinski definition) is 2. The maximum atomic E-state index is 12.7. The first-order valence-electron chi connectivity index (χ1n) is 13.7. The van der Waals surface area contributed by atoms with Crippen molar-refractivity contribution in [1.82, 2.24) is 10.6 Å². The molecule has 4 nitrogen and oxygen atoms in total. The maximum absolute atomic E-state index is 12.7. The van der Waals surface area contributed by atoms with Gasteiger partial charge in [-0.3, -0.25) is 9.59 Å². The van der Waals surface area contributed by atoms with E-state index in [2.05, 4.69) is 17.6 Å². The molecule has 0 aliphatic heterocycles. The van der Waals surface area contributed by atoms with Gasteiger partial charge in [0.15, 0.2) is 0 Å². The lowest BCUT2D eigenvalue weighted by Gasteiger charge is -2.23. The highest BCUT2D eigenvalue weighted by molar-refractivity contribution is 5.97. The summed E-state index contributed by atoms with van der Waals surface area (Å²) in [4.78, 5) is 25.2. The van der Waals surface area contributed by atoms with Crippen LogP contribution < -0.4 is 10.6 Å². The van der Waals surface area contributed by atoms with E-state index in [1.54, 1.807) is 12.1 Å².